The van der Waals surface area contributed by atoms with Crippen molar-refractivity contribution in [3.8, 4) is 0 Å². The van der Waals surface area contributed by atoms with Gasteiger partial charge in [0, 0.05) is 17.7 Å². The molecule has 0 atom stereocenters. The summed E-state index contributed by atoms with van der Waals surface area (Å²) in [6.45, 7) is 0.224. The number of hydrogen-bond acceptors (Lipinski definition) is 4. The molecule has 0 aliphatic carbocycles. The normalized spacial score (nSPS) is 10.4. The van der Waals surface area contributed by atoms with Crippen LogP contribution in [-0.2, 0) is 6.54 Å². The van der Waals surface area contributed by atoms with E-state index < -0.39 is 17.5 Å². The van der Waals surface area contributed by atoms with Crippen molar-refractivity contribution in [2.24, 2.45) is 0 Å². The van der Waals surface area contributed by atoms with Crippen molar-refractivity contribution in [1.29, 1.82) is 0 Å². The Morgan fingerprint density at radius 2 is 1.58 bits per heavy atom. The SMILES string of the molecule is O=C(Nc1ccc(NCc2ccccc2F)nn1)c1ccc(F)c(F)c1. The Morgan fingerprint density at radius 1 is 0.846 bits per heavy atom. The summed E-state index contributed by atoms with van der Waals surface area (Å²) in [7, 11) is 0. The van der Waals surface area contributed by atoms with Crippen molar-refractivity contribution in [2.45, 2.75) is 6.54 Å². The van der Waals surface area contributed by atoms with Crippen LogP contribution in [0.25, 0.3) is 0 Å². The smallest absolute Gasteiger partial charge is 0.256 e. The van der Waals surface area contributed by atoms with E-state index in [0.717, 1.165) is 18.2 Å². The van der Waals surface area contributed by atoms with Crippen molar-refractivity contribution in [2.75, 3.05) is 10.6 Å². The third kappa shape index (κ3) is 4.15. The van der Waals surface area contributed by atoms with Crippen LogP contribution in [0.5, 0.6) is 0 Å². The van der Waals surface area contributed by atoms with Crippen molar-refractivity contribution in [3.63, 3.8) is 0 Å². The highest BCUT2D eigenvalue weighted by Gasteiger charge is 2.11. The number of rotatable bonds is 5. The fourth-order valence-corrected chi connectivity index (χ4v) is 2.15. The van der Waals surface area contributed by atoms with Gasteiger partial charge in [-0.15, -0.1) is 10.2 Å². The first-order valence-corrected chi connectivity index (χ1v) is 7.60. The molecule has 0 aliphatic heterocycles. The monoisotopic (exact) mass is 358 g/mol. The molecule has 0 radical (unpaired) electrons. The van der Waals surface area contributed by atoms with E-state index in [0.29, 0.717) is 11.4 Å². The zero-order chi connectivity index (χ0) is 18.5. The minimum atomic E-state index is -1.11. The Morgan fingerprint density at radius 3 is 2.27 bits per heavy atom. The van der Waals surface area contributed by atoms with Crippen LogP contribution in [0.1, 0.15) is 15.9 Å². The van der Waals surface area contributed by atoms with Gasteiger partial charge in [0.25, 0.3) is 5.91 Å². The van der Waals surface area contributed by atoms with Gasteiger partial charge in [0.15, 0.2) is 17.5 Å². The maximum absolute atomic E-state index is 13.5. The molecule has 0 fully saturated rings. The summed E-state index contributed by atoms with van der Waals surface area (Å²) < 4.78 is 39.6. The first kappa shape index (κ1) is 17.4. The number of carbonyl (C=O) groups is 1. The van der Waals surface area contributed by atoms with E-state index in [1.165, 1.54) is 12.1 Å². The average Bonchev–Trinajstić information content (AvgIpc) is 2.64. The molecular weight excluding hydrogens is 345 g/mol. The summed E-state index contributed by atoms with van der Waals surface area (Å²) in [6.07, 6.45) is 0. The fourth-order valence-electron chi connectivity index (χ4n) is 2.15. The molecule has 2 N–H and O–H groups in total. The molecule has 3 aromatic rings. The predicted molar refractivity (Wildman–Crippen MR) is 90.1 cm³/mol. The third-order valence-electron chi connectivity index (χ3n) is 3.51. The lowest BCUT2D eigenvalue weighted by molar-refractivity contribution is 0.102. The second-order valence-corrected chi connectivity index (χ2v) is 5.33. The molecule has 5 nitrogen and oxygen atoms in total. The molecule has 0 saturated heterocycles. The molecule has 132 valence electrons. The molecule has 1 heterocycles. The molecule has 0 unspecified atom stereocenters. The fraction of sp³-hybridized carbons (Fsp3) is 0.0556. The number of halogens is 3. The lowest BCUT2D eigenvalue weighted by Gasteiger charge is -2.07. The number of nitrogens with one attached hydrogen (secondary N) is 2. The average molecular weight is 358 g/mol. The Balaban J connectivity index is 1.61. The van der Waals surface area contributed by atoms with Gasteiger partial charge >= 0.3 is 0 Å². The van der Waals surface area contributed by atoms with Crippen LogP contribution in [0, 0.1) is 17.5 Å². The van der Waals surface area contributed by atoms with Gasteiger partial charge in [-0.1, -0.05) is 18.2 Å². The standard InChI is InChI=1S/C18H13F3N4O/c19-13-4-2-1-3-12(13)10-22-16-7-8-17(25-24-16)23-18(26)11-5-6-14(20)15(21)9-11/h1-9H,10H2,(H,22,24)(H,23,25,26). The Kier molecular flexibility index (Phi) is 5.12. The maximum Gasteiger partial charge on any atom is 0.256 e. The van der Waals surface area contributed by atoms with Crippen LogP contribution in [0.3, 0.4) is 0 Å². The minimum Gasteiger partial charge on any atom is -0.364 e. The summed E-state index contributed by atoms with van der Waals surface area (Å²) in [4.78, 5) is 12.0. The molecule has 1 amide bonds. The van der Waals surface area contributed by atoms with Gasteiger partial charge < -0.3 is 10.6 Å². The first-order chi connectivity index (χ1) is 12.5. The lowest BCUT2D eigenvalue weighted by atomic mass is 10.2. The molecule has 0 saturated carbocycles. The van der Waals surface area contributed by atoms with Crippen molar-refractivity contribution >= 4 is 17.5 Å². The minimum absolute atomic E-state index is 0.0487. The van der Waals surface area contributed by atoms with E-state index in [-0.39, 0.29) is 23.7 Å². The van der Waals surface area contributed by atoms with E-state index in [2.05, 4.69) is 20.8 Å². The third-order valence-corrected chi connectivity index (χ3v) is 3.51. The summed E-state index contributed by atoms with van der Waals surface area (Å²) in [5, 5.41) is 13.0. The van der Waals surface area contributed by atoms with Gasteiger partial charge in [0.2, 0.25) is 0 Å². The number of aromatic nitrogens is 2. The van der Waals surface area contributed by atoms with Crippen molar-refractivity contribution < 1.29 is 18.0 Å². The van der Waals surface area contributed by atoms with Gasteiger partial charge in [-0.05, 0) is 36.4 Å². The molecule has 1 aromatic heterocycles. The van der Waals surface area contributed by atoms with Crippen LogP contribution in [0.2, 0.25) is 0 Å². The molecule has 8 heteroatoms. The van der Waals surface area contributed by atoms with Gasteiger partial charge in [0.05, 0.1) is 0 Å². The zero-order valence-electron chi connectivity index (χ0n) is 13.3. The van der Waals surface area contributed by atoms with Crippen LogP contribution >= 0.6 is 0 Å². The highest BCUT2D eigenvalue weighted by molar-refractivity contribution is 6.03. The number of amides is 1. The molecule has 3 rings (SSSR count). The maximum atomic E-state index is 13.5. The molecule has 0 spiro atoms. The summed E-state index contributed by atoms with van der Waals surface area (Å²) in [6, 6.07) is 12.2. The summed E-state index contributed by atoms with van der Waals surface area (Å²) in [5.74, 6) is -2.60. The number of anilines is 2. The molecule has 0 aliphatic rings. The highest BCUT2D eigenvalue weighted by Crippen LogP contribution is 2.13. The highest BCUT2D eigenvalue weighted by atomic mass is 19.2. The lowest BCUT2D eigenvalue weighted by Crippen LogP contribution is -2.14. The second kappa shape index (κ2) is 7.64. The topological polar surface area (TPSA) is 66.9 Å². The van der Waals surface area contributed by atoms with Gasteiger partial charge in [-0.2, -0.15) is 0 Å². The van der Waals surface area contributed by atoms with E-state index in [1.54, 1.807) is 24.3 Å². The molecule has 26 heavy (non-hydrogen) atoms. The largest absolute Gasteiger partial charge is 0.364 e. The van der Waals surface area contributed by atoms with E-state index in [9.17, 15) is 18.0 Å². The predicted octanol–water partition coefficient (Wildman–Crippen LogP) is 3.76. The van der Waals surface area contributed by atoms with Crippen molar-refractivity contribution in [1.82, 2.24) is 10.2 Å². The zero-order valence-corrected chi connectivity index (χ0v) is 13.3. The molecular formula is C18H13F3N4O. The number of hydrogen-bond donors (Lipinski definition) is 2. The van der Waals surface area contributed by atoms with Crippen LogP contribution < -0.4 is 10.6 Å². The number of carbonyl (C=O) groups excluding carboxylic acids is 1. The summed E-state index contributed by atoms with van der Waals surface area (Å²) >= 11 is 0. The van der Waals surface area contributed by atoms with Crippen LogP contribution in [-0.4, -0.2) is 16.1 Å². The second-order valence-electron chi connectivity index (χ2n) is 5.33. The van der Waals surface area contributed by atoms with E-state index >= 15 is 0 Å². The number of benzene rings is 2. The Labute approximate surface area is 146 Å². The van der Waals surface area contributed by atoms with E-state index in [1.807, 2.05) is 0 Å². The van der Waals surface area contributed by atoms with Crippen molar-refractivity contribution in [3.05, 3.63) is 83.2 Å². The number of nitrogens with zero attached hydrogens (tertiary/aromatic N) is 2. The Hall–Kier alpha value is -3.42. The summed E-state index contributed by atoms with van der Waals surface area (Å²) in [5.41, 5.74) is 0.428. The molecule has 0 bridgehead atoms. The van der Waals surface area contributed by atoms with Gasteiger partial charge in [0.1, 0.15) is 11.6 Å². The quantitative estimate of drug-likeness (QED) is 0.729. The van der Waals surface area contributed by atoms with E-state index in [4.69, 9.17) is 0 Å². The van der Waals surface area contributed by atoms with Crippen LogP contribution in [0.15, 0.2) is 54.6 Å². The molecule has 2 aromatic carbocycles. The van der Waals surface area contributed by atoms with Crippen LogP contribution in [0.4, 0.5) is 24.8 Å². The Bertz CT molecular complexity index is 932. The van der Waals surface area contributed by atoms with Gasteiger partial charge in [-0.3, -0.25) is 4.79 Å². The van der Waals surface area contributed by atoms with Gasteiger partial charge in [-0.25, -0.2) is 13.2 Å². The first-order valence-electron chi connectivity index (χ1n) is 7.60.